The van der Waals surface area contributed by atoms with E-state index in [1.807, 2.05) is 0 Å². The lowest BCUT2D eigenvalue weighted by atomic mass is 9.44. The molecule has 0 aromatic rings. The van der Waals surface area contributed by atoms with Crippen molar-refractivity contribution in [1.29, 1.82) is 0 Å². The Balaban J connectivity index is 1.37. The van der Waals surface area contributed by atoms with E-state index in [0.29, 0.717) is 22.9 Å². The van der Waals surface area contributed by atoms with Crippen LogP contribution in [0, 0.1) is 52.3 Å². The first-order chi connectivity index (χ1) is 14.8. The molecule has 0 saturated heterocycles. The van der Waals surface area contributed by atoms with Gasteiger partial charge in [0.05, 0.1) is 13.2 Å². The van der Waals surface area contributed by atoms with Crippen LogP contribution in [-0.2, 0) is 8.37 Å². The Morgan fingerprint density at radius 3 is 2.42 bits per heavy atom. The Morgan fingerprint density at radius 2 is 1.68 bits per heavy atom. The van der Waals surface area contributed by atoms with Gasteiger partial charge >= 0.3 is 0 Å². The molecule has 0 aromatic carbocycles. The summed E-state index contributed by atoms with van der Waals surface area (Å²) in [7, 11) is 1.69. The van der Waals surface area contributed by atoms with Gasteiger partial charge in [0, 0.05) is 0 Å². The summed E-state index contributed by atoms with van der Waals surface area (Å²) >= 11 is 1.17. The lowest BCUT2D eigenvalue weighted by Gasteiger charge is -2.61. The summed E-state index contributed by atoms with van der Waals surface area (Å²) in [6.45, 7) is 12.5. The maximum Gasteiger partial charge on any atom is 0.158 e. The van der Waals surface area contributed by atoms with Crippen LogP contribution in [0.1, 0.15) is 112 Å². The molecule has 4 fully saturated rings. The second-order valence-corrected chi connectivity index (χ2v) is 13.6. The molecule has 4 saturated carbocycles. The molecular formula is C28H50O2S. The molecule has 4 aliphatic carbocycles. The van der Waals surface area contributed by atoms with E-state index < -0.39 is 0 Å². The zero-order valence-corrected chi connectivity index (χ0v) is 22.1. The monoisotopic (exact) mass is 450 g/mol. The highest BCUT2D eigenvalue weighted by Gasteiger charge is 2.59. The highest BCUT2D eigenvalue weighted by Crippen LogP contribution is 2.68. The SMILES string of the molecule is COSOC(CCCC1CCC2C3CCC4CC(C)CCC4(C)C3CCC12C)C(C)C. The Morgan fingerprint density at radius 1 is 0.935 bits per heavy atom. The first kappa shape index (κ1) is 24.4. The fourth-order valence-corrected chi connectivity index (χ4v) is 9.70. The minimum Gasteiger partial charge on any atom is -0.295 e. The summed E-state index contributed by atoms with van der Waals surface area (Å²) in [5, 5.41) is 0. The minimum atomic E-state index is 0.314. The third-order valence-corrected chi connectivity index (χ3v) is 11.6. The largest absolute Gasteiger partial charge is 0.295 e. The summed E-state index contributed by atoms with van der Waals surface area (Å²) < 4.78 is 11.0. The number of fused-ring (bicyclic) bond motifs is 5. The van der Waals surface area contributed by atoms with Gasteiger partial charge in [-0.25, -0.2) is 0 Å². The van der Waals surface area contributed by atoms with Gasteiger partial charge in [0.25, 0.3) is 0 Å². The maximum atomic E-state index is 5.88. The smallest absolute Gasteiger partial charge is 0.158 e. The molecule has 0 radical (unpaired) electrons. The molecule has 3 heteroatoms. The second-order valence-electron chi connectivity index (χ2n) is 12.9. The van der Waals surface area contributed by atoms with Gasteiger partial charge in [-0.2, -0.15) is 0 Å². The van der Waals surface area contributed by atoms with Gasteiger partial charge in [-0.05, 0) is 116 Å². The van der Waals surface area contributed by atoms with Crippen molar-refractivity contribution in [2.45, 2.75) is 118 Å². The molecule has 9 unspecified atom stereocenters. The van der Waals surface area contributed by atoms with E-state index in [4.69, 9.17) is 8.37 Å². The molecule has 0 amide bonds. The highest BCUT2D eigenvalue weighted by atomic mass is 32.2. The van der Waals surface area contributed by atoms with Gasteiger partial charge in [-0.1, -0.05) is 47.5 Å². The van der Waals surface area contributed by atoms with E-state index in [1.165, 1.54) is 83.0 Å². The summed E-state index contributed by atoms with van der Waals surface area (Å²) in [4.78, 5) is 0. The average Bonchev–Trinajstić information content (AvgIpc) is 3.07. The number of hydrogen-bond acceptors (Lipinski definition) is 3. The van der Waals surface area contributed by atoms with Crippen LogP contribution in [0.2, 0.25) is 0 Å². The summed E-state index contributed by atoms with van der Waals surface area (Å²) in [5.41, 5.74) is 1.28. The zero-order chi connectivity index (χ0) is 22.2. The van der Waals surface area contributed by atoms with Crippen LogP contribution in [0.15, 0.2) is 0 Å². The summed E-state index contributed by atoms with van der Waals surface area (Å²) in [6.07, 6.45) is 17.8. The maximum absolute atomic E-state index is 5.88. The van der Waals surface area contributed by atoms with Crippen molar-refractivity contribution in [2.24, 2.45) is 52.3 Å². The Labute approximate surface area is 197 Å². The predicted octanol–water partition coefficient (Wildman–Crippen LogP) is 8.70. The van der Waals surface area contributed by atoms with Crippen molar-refractivity contribution in [3.05, 3.63) is 0 Å². The van der Waals surface area contributed by atoms with Gasteiger partial charge in [0.1, 0.15) is 0 Å². The van der Waals surface area contributed by atoms with E-state index in [9.17, 15) is 0 Å². The van der Waals surface area contributed by atoms with Crippen molar-refractivity contribution in [3.8, 4) is 0 Å². The molecule has 2 nitrogen and oxygen atoms in total. The van der Waals surface area contributed by atoms with Gasteiger partial charge in [-0.15, -0.1) is 0 Å². The second kappa shape index (κ2) is 9.87. The molecule has 0 heterocycles. The molecule has 0 N–H and O–H groups in total. The average molecular weight is 451 g/mol. The number of rotatable bonds is 8. The van der Waals surface area contributed by atoms with E-state index in [0.717, 1.165) is 35.5 Å². The van der Waals surface area contributed by atoms with Crippen molar-refractivity contribution in [1.82, 2.24) is 0 Å². The Hall–Kier alpha value is 0.270. The van der Waals surface area contributed by atoms with Crippen LogP contribution in [0.3, 0.4) is 0 Å². The summed E-state index contributed by atoms with van der Waals surface area (Å²) in [6, 6.07) is 0. The van der Waals surface area contributed by atoms with Gasteiger partial charge < -0.3 is 0 Å². The van der Waals surface area contributed by atoms with Gasteiger partial charge in [-0.3, -0.25) is 8.37 Å². The first-order valence-corrected chi connectivity index (χ1v) is 14.3. The van der Waals surface area contributed by atoms with Crippen molar-refractivity contribution >= 4 is 12.3 Å². The normalized spacial score (nSPS) is 45.8. The van der Waals surface area contributed by atoms with Gasteiger partial charge in [0.2, 0.25) is 0 Å². The van der Waals surface area contributed by atoms with Crippen LogP contribution in [0.25, 0.3) is 0 Å². The van der Waals surface area contributed by atoms with E-state index in [-0.39, 0.29) is 0 Å². The molecule has 4 rings (SSSR count). The van der Waals surface area contributed by atoms with Crippen LogP contribution in [-0.4, -0.2) is 13.2 Å². The zero-order valence-electron chi connectivity index (χ0n) is 21.3. The molecule has 4 aliphatic rings. The fraction of sp³-hybridized carbons (Fsp3) is 1.00. The molecule has 180 valence electrons. The Bertz CT molecular complexity index is 594. The van der Waals surface area contributed by atoms with E-state index in [1.54, 1.807) is 13.5 Å². The topological polar surface area (TPSA) is 18.5 Å². The Kier molecular flexibility index (Phi) is 7.76. The third kappa shape index (κ3) is 4.63. The molecular weight excluding hydrogens is 400 g/mol. The standard InChI is InChI=1S/C28H50O2S/c1-19(2)26(30-31-29-6)9-7-8-21-11-13-24-23-12-10-22-18-20(3)14-16-28(22,5)25(23)15-17-27(21,24)4/h19-26H,7-18H2,1-6H3. The summed E-state index contributed by atoms with van der Waals surface area (Å²) in [5.74, 6) is 6.56. The first-order valence-electron chi connectivity index (χ1n) is 13.7. The molecule has 31 heavy (non-hydrogen) atoms. The fourth-order valence-electron chi connectivity index (χ4n) is 9.20. The molecule has 0 spiro atoms. The van der Waals surface area contributed by atoms with Crippen LogP contribution < -0.4 is 0 Å². The molecule has 0 aliphatic heterocycles. The van der Waals surface area contributed by atoms with Crippen molar-refractivity contribution < 1.29 is 8.37 Å². The predicted molar refractivity (Wildman–Crippen MR) is 133 cm³/mol. The quantitative estimate of drug-likeness (QED) is 0.344. The van der Waals surface area contributed by atoms with Crippen molar-refractivity contribution in [2.75, 3.05) is 7.11 Å². The molecule has 9 atom stereocenters. The number of hydrogen-bond donors (Lipinski definition) is 0. The van der Waals surface area contributed by atoms with Crippen molar-refractivity contribution in [3.63, 3.8) is 0 Å². The van der Waals surface area contributed by atoms with Crippen LogP contribution >= 0.6 is 12.3 Å². The van der Waals surface area contributed by atoms with Crippen LogP contribution in [0.5, 0.6) is 0 Å². The lowest BCUT2D eigenvalue weighted by Crippen LogP contribution is -2.53. The lowest BCUT2D eigenvalue weighted by molar-refractivity contribution is -0.117. The third-order valence-electron chi connectivity index (χ3n) is 11.1. The van der Waals surface area contributed by atoms with Crippen LogP contribution in [0.4, 0.5) is 0 Å². The van der Waals surface area contributed by atoms with E-state index >= 15 is 0 Å². The molecule has 0 bridgehead atoms. The minimum absolute atomic E-state index is 0.314. The molecule has 0 aromatic heterocycles. The highest BCUT2D eigenvalue weighted by molar-refractivity contribution is 7.89. The van der Waals surface area contributed by atoms with Gasteiger partial charge in [0.15, 0.2) is 12.3 Å². The van der Waals surface area contributed by atoms with E-state index in [2.05, 4.69) is 34.6 Å².